The molecule has 4 atom stereocenters. The number of fused-ring (bicyclic) bond motifs is 1. The van der Waals surface area contributed by atoms with Crippen molar-refractivity contribution in [1.82, 2.24) is 14.7 Å². The fourth-order valence-corrected chi connectivity index (χ4v) is 4.81. The minimum Gasteiger partial charge on any atom is -0.371 e. The lowest BCUT2D eigenvalue weighted by Crippen LogP contribution is -2.44. The van der Waals surface area contributed by atoms with Crippen molar-refractivity contribution in [2.45, 2.75) is 55.9 Å². The summed E-state index contributed by atoms with van der Waals surface area (Å²) in [6.45, 7) is 0.748. The van der Waals surface area contributed by atoms with Crippen LogP contribution in [0.25, 0.3) is 0 Å². The van der Waals surface area contributed by atoms with Gasteiger partial charge in [-0.3, -0.25) is 0 Å². The number of hydrogen-bond donors (Lipinski definition) is 2. The monoisotopic (exact) mass is 368 g/mol. The average molecular weight is 368 g/mol. The molecular formula is C16H24N4O4S. The van der Waals surface area contributed by atoms with Crippen molar-refractivity contribution >= 4 is 16.0 Å². The minimum atomic E-state index is -3.29. The summed E-state index contributed by atoms with van der Waals surface area (Å²) in [4.78, 5) is 8.99. The van der Waals surface area contributed by atoms with E-state index in [0.717, 1.165) is 11.9 Å². The topological polar surface area (TPSA) is 102 Å². The molecule has 4 unspecified atom stereocenters. The second-order valence-corrected chi connectivity index (χ2v) is 8.91. The minimum absolute atomic E-state index is 0.0878. The Hall–Kier alpha value is -1.29. The number of ether oxygens (including phenoxy) is 2. The van der Waals surface area contributed by atoms with Crippen LogP contribution in [0.2, 0.25) is 0 Å². The number of anilines is 1. The lowest BCUT2D eigenvalue weighted by atomic mass is 10.0. The molecule has 2 saturated heterocycles. The zero-order valence-corrected chi connectivity index (χ0v) is 15.0. The zero-order chi connectivity index (χ0) is 17.4. The summed E-state index contributed by atoms with van der Waals surface area (Å²) in [7, 11) is -3.29. The van der Waals surface area contributed by atoms with Gasteiger partial charge < -0.3 is 14.8 Å². The first-order chi connectivity index (χ1) is 12.0. The van der Waals surface area contributed by atoms with Crippen molar-refractivity contribution in [3.8, 4) is 0 Å². The van der Waals surface area contributed by atoms with Crippen molar-refractivity contribution in [3.63, 3.8) is 0 Å². The van der Waals surface area contributed by atoms with Gasteiger partial charge in [-0.2, -0.15) is 0 Å². The molecular weight excluding hydrogens is 344 g/mol. The Morgan fingerprint density at radius 2 is 1.80 bits per heavy atom. The second kappa shape index (κ2) is 6.79. The molecule has 3 fully saturated rings. The predicted octanol–water partition coefficient (Wildman–Crippen LogP) is 0.630. The van der Waals surface area contributed by atoms with E-state index in [0.29, 0.717) is 25.1 Å². The Balaban J connectivity index is 1.42. The van der Waals surface area contributed by atoms with Crippen molar-refractivity contribution in [2.75, 3.05) is 24.8 Å². The summed E-state index contributed by atoms with van der Waals surface area (Å²) in [5, 5.41) is 3.31. The van der Waals surface area contributed by atoms with Gasteiger partial charge >= 0.3 is 0 Å². The SMILES string of the molecule is CS(=O)(=O)NC1COC2C(Nc3nccc(C4CCCC4)n3)COC12. The largest absolute Gasteiger partial charge is 0.371 e. The maximum absolute atomic E-state index is 11.5. The van der Waals surface area contributed by atoms with Gasteiger partial charge in [0.25, 0.3) is 0 Å². The molecule has 138 valence electrons. The van der Waals surface area contributed by atoms with Crippen LogP contribution in [0.1, 0.15) is 37.3 Å². The Kier molecular flexibility index (Phi) is 4.65. The van der Waals surface area contributed by atoms with Gasteiger partial charge in [-0.05, 0) is 18.9 Å². The van der Waals surface area contributed by atoms with E-state index in [-0.39, 0.29) is 24.3 Å². The summed E-state index contributed by atoms with van der Waals surface area (Å²) >= 11 is 0. The summed E-state index contributed by atoms with van der Waals surface area (Å²) in [6.07, 6.45) is 7.35. The van der Waals surface area contributed by atoms with Gasteiger partial charge in [-0.1, -0.05) is 12.8 Å². The van der Waals surface area contributed by atoms with E-state index in [4.69, 9.17) is 9.47 Å². The zero-order valence-electron chi connectivity index (χ0n) is 14.2. The highest BCUT2D eigenvalue weighted by atomic mass is 32.2. The van der Waals surface area contributed by atoms with E-state index in [2.05, 4.69) is 20.0 Å². The molecule has 1 aliphatic carbocycles. The van der Waals surface area contributed by atoms with Gasteiger partial charge in [0.2, 0.25) is 16.0 Å². The van der Waals surface area contributed by atoms with Crippen LogP contribution in [0.4, 0.5) is 5.95 Å². The van der Waals surface area contributed by atoms with Gasteiger partial charge in [0.15, 0.2) is 0 Å². The third-order valence-electron chi connectivity index (χ3n) is 5.18. The maximum atomic E-state index is 11.5. The van der Waals surface area contributed by atoms with Crippen molar-refractivity contribution in [1.29, 1.82) is 0 Å². The van der Waals surface area contributed by atoms with Crippen LogP contribution in [0.3, 0.4) is 0 Å². The Morgan fingerprint density at radius 3 is 2.52 bits per heavy atom. The summed E-state index contributed by atoms with van der Waals surface area (Å²) in [5.41, 5.74) is 1.09. The number of aromatic nitrogens is 2. The van der Waals surface area contributed by atoms with Crippen LogP contribution >= 0.6 is 0 Å². The number of nitrogens with one attached hydrogen (secondary N) is 2. The van der Waals surface area contributed by atoms with Crippen LogP contribution < -0.4 is 10.0 Å². The molecule has 3 heterocycles. The van der Waals surface area contributed by atoms with Crippen LogP contribution in [0.5, 0.6) is 0 Å². The number of rotatable bonds is 5. The number of hydrogen-bond acceptors (Lipinski definition) is 7. The van der Waals surface area contributed by atoms with Gasteiger partial charge in [0, 0.05) is 17.8 Å². The molecule has 9 heteroatoms. The Labute approximate surface area is 147 Å². The normalized spacial score (nSPS) is 32.8. The smallest absolute Gasteiger partial charge is 0.223 e. The molecule has 4 rings (SSSR count). The molecule has 1 saturated carbocycles. The molecule has 2 N–H and O–H groups in total. The van der Waals surface area contributed by atoms with Gasteiger partial charge in [0.1, 0.15) is 12.2 Å². The van der Waals surface area contributed by atoms with E-state index < -0.39 is 10.0 Å². The first-order valence-electron chi connectivity index (χ1n) is 8.79. The van der Waals surface area contributed by atoms with Crippen molar-refractivity contribution in [2.24, 2.45) is 0 Å². The highest BCUT2D eigenvalue weighted by Gasteiger charge is 2.48. The molecule has 3 aliphatic rings. The summed E-state index contributed by atoms with van der Waals surface area (Å²) in [6, 6.07) is 1.56. The van der Waals surface area contributed by atoms with Crippen LogP contribution in [0, 0.1) is 0 Å². The molecule has 8 nitrogen and oxygen atoms in total. The van der Waals surface area contributed by atoms with Crippen molar-refractivity contribution in [3.05, 3.63) is 18.0 Å². The molecule has 1 aromatic rings. The Bertz CT molecular complexity index is 723. The molecule has 0 aromatic carbocycles. The van der Waals surface area contributed by atoms with Crippen LogP contribution in [-0.4, -0.2) is 62.1 Å². The summed E-state index contributed by atoms with van der Waals surface area (Å²) in [5.74, 6) is 1.11. The second-order valence-electron chi connectivity index (χ2n) is 7.13. The van der Waals surface area contributed by atoms with E-state index in [1.807, 2.05) is 6.07 Å². The molecule has 1 aromatic heterocycles. The fourth-order valence-electron chi connectivity index (χ4n) is 4.06. The first kappa shape index (κ1) is 17.1. The van der Waals surface area contributed by atoms with E-state index >= 15 is 0 Å². The molecule has 0 bridgehead atoms. The molecule has 2 aliphatic heterocycles. The first-order valence-corrected chi connectivity index (χ1v) is 10.7. The lowest BCUT2D eigenvalue weighted by molar-refractivity contribution is 0.0690. The third kappa shape index (κ3) is 3.79. The average Bonchev–Trinajstić information content (AvgIpc) is 3.27. The van der Waals surface area contributed by atoms with Gasteiger partial charge in [0.05, 0.1) is 31.6 Å². The molecule has 0 radical (unpaired) electrons. The molecule has 25 heavy (non-hydrogen) atoms. The van der Waals surface area contributed by atoms with Crippen molar-refractivity contribution < 1.29 is 17.9 Å². The summed E-state index contributed by atoms with van der Waals surface area (Å²) < 4.78 is 37.1. The molecule has 0 spiro atoms. The third-order valence-corrected chi connectivity index (χ3v) is 5.91. The quantitative estimate of drug-likeness (QED) is 0.786. The number of sulfonamides is 1. The van der Waals surface area contributed by atoms with Crippen LogP contribution in [0.15, 0.2) is 12.3 Å². The van der Waals surface area contributed by atoms with Gasteiger partial charge in [-0.25, -0.2) is 23.1 Å². The molecule has 0 amide bonds. The maximum Gasteiger partial charge on any atom is 0.223 e. The van der Waals surface area contributed by atoms with Gasteiger partial charge in [-0.15, -0.1) is 0 Å². The standard InChI is InChI=1S/C16H24N4O4S/c1-25(21,22)20-13-9-24-14-12(8-23-15(13)14)19-16-17-7-6-11(18-16)10-4-2-3-5-10/h6-7,10,12-15,20H,2-5,8-9H2,1H3,(H,17,18,19). The highest BCUT2D eigenvalue weighted by molar-refractivity contribution is 7.88. The predicted molar refractivity (Wildman–Crippen MR) is 91.9 cm³/mol. The van der Waals surface area contributed by atoms with E-state index in [1.165, 1.54) is 25.7 Å². The lowest BCUT2D eigenvalue weighted by Gasteiger charge is -2.18. The fraction of sp³-hybridized carbons (Fsp3) is 0.750. The highest BCUT2D eigenvalue weighted by Crippen LogP contribution is 2.33. The number of nitrogens with zero attached hydrogens (tertiary/aromatic N) is 2. The Morgan fingerprint density at radius 1 is 1.12 bits per heavy atom. The van der Waals surface area contributed by atoms with Crippen LogP contribution in [-0.2, 0) is 19.5 Å². The van der Waals surface area contributed by atoms with E-state index in [9.17, 15) is 8.42 Å². The van der Waals surface area contributed by atoms with E-state index in [1.54, 1.807) is 6.20 Å².